The molecule has 0 fully saturated rings. The zero-order valence-corrected chi connectivity index (χ0v) is 13.4. The molecule has 3 aromatic rings. The molecule has 0 aliphatic heterocycles. The Bertz CT molecular complexity index is 768. The fourth-order valence-electron chi connectivity index (χ4n) is 2.52. The Morgan fingerprint density at radius 2 is 1.92 bits per heavy atom. The molecular formula is C19H19N3O2. The maximum Gasteiger partial charge on any atom is 0.251 e. The lowest BCUT2D eigenvalue weighted by Crippen LogP contribution is -2.30. The molecule has 5 heteroatoms. The first kappa shape index (κ1) is 15.8. The molecule has 0 saturated heterocycles. The van der Waals surface area contributed by atoms with Crippen LogP contribution in [-0.4, -0.2) is 23.0 Å². The number of nitrogens with one attached hydrogen (secondary N) is 2. The van der Waals surface area contributed by atoms with Crippen LogP contribution in [0, 0.1) is 0 Å². The van der Waals surface area contributed by atoms with Crippen molar-refractivity contribution in [1.82, 2.24) is 15.3 Å². The number of H-pyrrole nitrogens is 1. The summed E-state index contributed by atoms with van der Waals surface area (Å²) in [6, 6.07) is 16.8. The van der Waals surface area contributed by atoms with Crippen LogP contribution in [0.25, 0.3) is 0 Å². The van der Waals surface area contributed by atoms with E-state index in [0.717, 1.165) is 17.1 Å². The summed E-state index contributed by atoms with van der Waals surface area (Å²) in [5, 5.41) is 3.09. The monoisotopic (exact) mass is 321 g/mol. The third kappa shape index (κ3) is 3.81. The van der Waals surface area contributed by atoms with Crippen LogP contribution < -0.4 is 10.1 Å². The van der Waals surface area contributed by atoms with E-state index in [1.807, 2.05) is 30.3 Å². The van der Waals surface area contributed by atoms with Crippen molar-refractivity contribution in [3.8, 4) is 5.75 Å². The van der Waals surface area contributed by atoms with E-state index in [9.17, 15) is 4.79 Å². The molecule has 24 heavy (non-hydrogen) atoms. The number of aromatic amines is 1. The van der Waals surface area contributed by atoms with Gasteiger partial charge in [-0.15, -0.1) is 0 Å². The van der Waals surface area contributed by atoms with Gasteiger partial charge in [-0.25, -0.2) is 4.98 Å². The Morgan fingerprint density at radius 1 is 1.17 bits per heavy atom. The molecule has 1 amide bonds. The fourth-order valence-corrected chi connectivity index (χ4v) is 2.52. The first-order chi connectivity index (χ1) is 11.8. The lowest BCUT2D eigenvalue weighted by atomic mass is 10.0. The number of hydrogen-bond acceptors (Lipinski definition) is 3. The van der Waals surface area contributed by atoms with Gasteiger partial charge >= 0.3 is 0 Å². The molecule has 3 rings (SSSR count). The van der Waals surface area contributed by atoms with E-state index in [2.05, 4.69) is 15.3 Å². The van der Waals surface area contributed by atoms with Gasteiger partial charge in [0, 0.05) is 24.4 Å². The smallest absolute Gasteiger partial charge is 0.251 e. The molecule has 0 radical (unpaired) electrons. The maximum atomic E-state index is 12.6. The van der Waals surface area contributed by atoms with E-state index < -0.39 is 0 Å². The molecule has 0 saturated carbocycles. The topological polar surface area (TPSA) is 67.0 Å². The number of rotatable bonds is 6. The number of aromatic nitrogens is 2. The summed E-state index contributed by atoms with van der Waals surface area (Å²) in [4.78, 5) is 19.9. The minimum atomic E-state index is -0.160. The van der Waals surface area contributed by atoms with Crippen LogP contribution >= 0.6 is 0 Å². The molecule has 0 unspecified atom stereocenters. The van der Waals surface area contributed by atoms with Crippen LogP contribution in [0.1, 0.15) is 27.8 Å². The highest BCUT2D eigenvalue weighted by atomic mass is 16.5. The first-order valence-corrected chi connectivity index (χ1v) is 7.74. The van der Waals surface area contributed by atoms with Crippen molar-refractivity contribution >= 4 is 5.91 Å². The lowest BCUT2D eigenvalue weighted by Gasteiger charge is -2.18. The molecule has 2 N–H and O–H groups in total. The van der Waals surface area contributed by atoms with Crippen LogP contribution in [0.15, 0.2) is 67.0 Å². The van der Waals surface area contributed by atoms with Crippen molar-refractivity contribution in [3.63, 3.8) is 0 Å². The summed E-state index contributed by atoms with van der Waals surface area (Å²) in [5.74, 6) is 1.43. The second kappa shape index (κ2) is 7.46. The molecular weight excluding hydrogens is 302 g/mol. The SMILES string of the molecule is COc1ccc(C(=O)N[C@@H](Cc2ncc[nH]2)c2ccccc2)cc1. The molecule has 0 bridgehead atoms. The quantitative estimate of drug-likeness (QED) is 0.733. The van der Waals surface area contributed by atoms with Gasteiger partial charge in [-0.2, -0.15) is 0 Å². The molecule has 1 aromatic heterocycles. The standard InChI is InChI=1S/C19H19N3O2/c1-24-16-9-7-15(8-10-16)19(23)22-17(13-18-20-11-12-21-18)14-5-3-2-4-6-14/h2-12,17H,13H2,1H3,(H,20,21)(H,22,23)/t17-/m0/s1. The number of nitrogens with zero attached hydrogens (tertiary/aromatic N) is 1. The van der Waals surface area contributed by atoms with E-state index in [1.165, 1.54) is 0 Å². The van der Waals surface area contributed by atoms with Gasteiger partial charge in [0.25, 0.3) is 5.91 Å². The van der Waals surface area contributed by atoms with Crippen LogP contribution in [0.4, 0.5) is 0 Å². The normalized spacial score (nSPS) is 11.7. The van der Waals surface area contributed by atoms with E-state index in [4.69, 9.17) is 4.74 Å². The van der Waals surface area contributed by atoms with Gasteiger partial charge in [0.15, 0.2) is 0 Å². The summed E-state index contributed by atoms with van der Waals surface area (Å²) in [6.45, 7) is 0. The summed E-state index contributed by atoms with van der Waals surface area (Å²) < 4.78 is 5.13. The fraction of sp³-hybridized carbons (Fsp3) is 0.158. The molecule has 0 aliphatic carbocycles. The highest BCUT2D eigenvalue weighted by Gasteiger charge is 2.17. The number of carbonyl (C=O) groups is 1. The van der Waals surface area contributed by atoms with Crippen LogP contribution in [0.3, 0.4) is 0 Å². The summed E-state index contributed by atoms with van der Waals surface area (Å²) in [5.41, 5.74) is 1.63. The molecule has 1 atom stereocenters. The van der Waals surface area contributed by atoms with Crippen molar-refractivity contribution in [2.45, 2.75) is 12.5 Å². The molecule has 122 valence electrons. The van der Waals surface area contributed by atoms with Crippen LogP contribution in [0.5, 0.6) is 5.75 Å². The van der Waals surface area contributed by atoms with Crippen molar-refractivity contribution in [2.75, 3.05) is 7.11 Å². The van der Waals surface area contributed by atoms with Crippen LogP contribution in [0.2, 0.25) is 0 Å². The lowest BCUT2D eigenvalue weighted by molar-refractivity contribution is 0.0936. The van der Waals surface area contributed by atoms with Crippen molar-refractivity contribution in [1.29, 1.82) is 0 Å². The minimum absolute atomic E-state index is 0.127. The summed E-state index contributed by atoms with van der Waals surface area (Å²) in [7, 11) is 1.60. The number of imidazole rings is 1. The number of methoxy groups -OCH3 is 1. The van der Waals surface area contributed by atoms with E-state index in [-0.39, 0.29) is 11.9 Å². The zero-order chi connectivity index (χ0) is 16.8. The van der Waals surface area contributed by atoms with Gasteiger partial charge in [-0.1, -0.05) is 30.3 Å². The summed E-state index contributed by atoms with van der Waals surface area (Å²) in [6.07, 6.45) is 4.09. The third-order valence-corrected chi connectivity index (χ3v) is 3.81. The second-order valence-electron chi connectivity index (χ2n) is 5.41. The molecule has 0 aliphatic rings. The van der Waals surface area contributed by atoms with Crippen molar-refractivity contribution in [3.05, 3.63) is 83.9 Å². The molecule has 5 nitrogen and oxygen atoms in total. The Kier molecular flexibility index (Phi) is 4.91. The molecule has 2 aromatic carbocycles. The second-order valence-corrected chi connectivity index (χ2v) is 5.41. The zero-order valence-electron chi connectivity index (χ0n) is 13.4. The predicted molar refractivity (Wildman–Crippen MR) is 91.9 cm³/mol. The van der Waals surface area contributed by atoms with Crippen molar-refractivity contribution < 1.29 is 9.53 Å². The van der Waals surface area contributed by atoms with Gasteiger partial charge in [0.05, 0.1) is 13.2 Å². The molecule has 0 spiro atoms. The highest BCUT2D eigenvalue weighted by Crippen LogP contribution is 2.18. The van der Waals surface area contributed by atoms with Gasteiger partial charge in [-0.3, -0.25) is 4.79 Å². The Balaban J connectivity index is 1.78. The van der Waals surface area contributed by atoms with E-state index in [1.54, 1.807) is 43.8 Å². The van der Waals surface area contributed by atoms with Gasteiger partial charge in [0.2, 0.25) is 0 Å². The number of carbonyl (C=O) groups excluding carboxylic acids is 1. The maximum absolute atomic E-state index is 12.6. The van der Waals surface area contributed by atoms with Gasteiger partial charge in [0.1, 0.15) is 11.6 Å². The minimum Gasteiger partial charge on any atom is -0.497 e. The number of benzene rings is 2. The highest BCUT2D eigenvalue weighted by molar-refractivity contribution is 5.94. The molecule has 1 heterocycles. The Hall–Kier alpha value is -3.08. The van der Waals surface area contributed by atoms with E-state index in [0.29, 0.717) is 12.0 Å². The Labute approximate surface area is 140 Å². The van der Waals surface area contributed by atoms with Crippen LogP contribution in [-0.2, 0) is 6.42 Å². The number of hydrogen-bond donors (Lipinski definition) is 2. The average molecular weight is 321 g/mol. The predicted octanol–water partition coefficient (Wildman–Crippen LogP) is 3.13. The Morgan fingerprint density at radius 3 is 2.54 bits per heavy atom. The van der Waals surface area contributed by atoms with Gasteiger partial charge < -0.3 is 15.0 Å². The summed E-state index contributed by atoms with van der Waals surface area (Å²) >= 11 is 0. The first-order valence-electron chi connectivity index (χ1n) is 7.74. The third-order valence-electron chi connectivity index (χ3n) is 3.81. The largest absolute Gasteiger partial charge is 0.497 e. The van der Waals surface area contributed by atoms with E-state index >= 15 is 0 Å². The van der Waals surface area contributed by atoms with Gasteiger partial charge in [-0.05, 0) is 29.8 Å². The van der Waals surface area contributed by atoms with Crippen molar-refractivity contribution in [2.24, 2.45) is 0 Å². The number of ether oxygens (including phenoxy) is 1. The number of amides is 1. The average Bonchev–Trinajstić information content (AvgIpc) is 3.15.